The number of nitrogens with one attached hydrogen (secondary N) is 1. The van der Waals surface area contributed by atoms with Crippen molar-refractivity contribution in [3.05, 3.63) is 48.4 Å². The van der Waals surface area contributed by atoms with Crippen LogP contribution in [0.1, 0.15) is 12.2 Å². The second-order valence-electron chi connectivity index (χ2n) is 6.86. The average Bonchev–Trinajstić information content (AvgIpc) is 3.39. The number of thiazole rings is 1. The SMILES string of the molecule is CSNC1CCN(Cc2cc3ccc(Oc4nc5ncccc5s4)cc3o2)C1. The second kappa shape index (κ2) is 7.71. The number of nitrogens with zero attached hydrogens (tertiary/aromatic N) is 3. The van der Waals surface area contributed by atoms with Gasteiger partial charge >= 0.3 is 0 Å². The Morgan fingerprint density at radius 1 is 1.36 bits per heavy atom. The van der Waals surface area contributed by atoms with Crippen molar-refractivity contribution in [1.82, 2.24) is 19.6 Å². The zero-order valence-electron chi connectivity index (χ0n) is 15.4. The Hall–Kier alpha value is -2.13. The maximum atomic E-state index is 6.09. The Kier molecular flexibility index (Phi) is 4.94. The van der Waals surface area contributed by atoms with E-state index in [1.807, 2.05) is 30.3 Å². The largest absolute Gasteiger partial charge is 0.460 e. The van der Waals surface area contributed by atoms with E-state index in [4.69, 9.17) is 9.15 Å². The monoisotopic (exact) mass is 412 g/mol. The maximum Gasteiger partial charge on any atom is 0.281 e. The zero-order chi connectivity index (χ0) is 18.9. The Bertz CT molecular complexity index is 1080. The first-order valence-corrected chi connectivity index (χ1v) is 11.2. The highest BCUT2D eigenvalue weighted by molar-refractivity contribution is 7.96. The van der Waals surface area contributed by atoms with Gasteiger partial charge in [-0.25, -0.2) is 4.98 Å². The number of fused-ring (bicyclic) bond motifs is 2. The first-order chi connectivity index (χ1) is 13.8. The van der Waals surface area contributed by atoms with Gasteiger partial charge in [0, 0.05) is 36.8 Å². The lowest BCUT2D eigenvalue weighted by Crippen LogP contribution is -2.27. The third-order valence-corrected chi connectivity index (χ3v) is 6.29. The zero-order valence-corrected chi connectivity index (χ0v) is 17.1. The van der Waals surface area contributed by atoms with Crippen LogP contribution < -0.4 is 9.46 Å². The third kappa shape index (κ3) is 3.73. The molecule has 1 aromatic carbocycles. The van der Waals surface area contributed by atoms with Gasteiger partial charge < -0.3 is 9.15 Å². The summed E-state index contributed by atoms with van der Waals surface area (Å²) in [7, 11) is 0. The normalized spacial score (nSPS) is 17.7. The molecule has 3 aromatic heterocycles. The summed E-state index contributed by atoms with van der Waals surface area (Å²) in [5.41, 5.74) is 1.55. The van der Waals surface area contributed by atoms with E-state index in [9.17, 15) is 0 Å². The number of aromatic nitrogens is 2. The van der Waals surface area contributed by atoms with Crippen LogP contribution in [-0.2, 0) is 6.54 Å². The van der Waals surface area contributed by atoms with Crippen LogP contribution >= 0.6 is 23.3 Å². The van der Waals surface area contributed by atoms with E-state index >= 15 is 0 Å². The molecule has 144 valence electrons. The summed E-state index contributed by atoms with van der Waals surface area (Å²) in [5.74, 6) is 1.71. The van der Waals surface area contributed by atoms with Gasteiger partial charge in [0.05, 0.1) is 11.2 Å². The molecule has 1 unspecified atom stereocenters. The minimum absolute atomic E-state index is 0.558. The average molecular weight is 413 g/mol. The second-order valence-corrected chi connectivity index (χ2v) is 8.50. The van der Waals surface area contributed by atoms with E-state index in [-0.39, 0.29) is 0 Å². The molecular weight excluding hydrogens is 392 g/mol. The number of ether oxygens (including phenoxy) is 1. The van der Waals surface area contributed by atoms with Crippen molar-refractivity contribution in [3.8, 4) is 10.9 Å². The van der Waals surface area contributed by atoms with Crippen molar-refractivity contribution in [2.75, 3.05) is 19.3 Å². The standard InChI is InChI=1S/C20H20N4O2S2/c1-27-23-14-6-8-24(11-14)12-16-9-13-4-5-15(10-17(13)25-16)26-20-22-19-18(28-20)3-2-7-21-19/h2-5,7,9-10,14,23H,6,8,11-12H2,1H3. The van der Waals surface area contributed by atoms with E-state index in [0.29, 0.717) is 16.9 Å². The molecule has 28 heavy (non-hydrogen) atoms. The molecule has 1 atom stereocenters. The predicted molar refractivity (Wildman–Crippen MR) is 114 cm³/mol. The summed E-state index contributed by atoms with van der Waals surface area (Å²) in [4.78, 5) is 11.1. The Balaban J connectivity index is 1.31. The number of likely N-dealkylation sites (tertiary alicyclic amines) is 1. The highest BCUT2D eigenvalue weighted by atomic mass is 32.2. The van der Waals surface area contributed by atoms with Crippen molar-refractivity contribution in [1.29, 1.82) is 0 Å². The molecule has 8 heteroatoms. The number of rotatable bonds is 6. The number of hydrogen-bond acceptors (Lipinski definition) is 8. The first-order valence-electron chi connectivity index (χ1n) is 9.19. The maximum absolute atomic E-state index is 6.09. The van der Waals surface area contributed by atoms with Gasteiger partial charge in [0.25, 0.3) is 5.19 Å². The van der Waals surface area contributed by atoms with E-state index < -0.39 is 0 Å². The van der Waals surface area contributed by atoms with E-state index in [1.54, 1.807) is 18.1 Å². The molecule has 0 amide bonds. The molecule has 1 fully saturated rings. The lowest BCUT2D eigenvalue weighted by molar-refractivity contribution is 0.297. The lowest BCUT2D eigenvalue weighted by atomic mass is 10.2. The van der Waals surface area contributed by atoms with Crippen LogP contribution in [0.15, 0.2) is 47.0 Å². The Morgan fingerprint density at radius 2 is 2.32 bits per heavy atom. The lowest BCUT2D eigenvalue weighted by Gasteiger charge is -2.14. The molecule has 4 heterocycles. The summed E-state index contributed by atoms with van der Waals surface area (Å²) in [5, 5.41) is 1.68. The minimum atomic E-state index is 0.558. The van der Waals surface area contributed by atoms with Crippen LogP contribution in [0.3, 0.4) is 0 Å². The molecule has 6 nitrogen and oxygen atoms in total. The van der Waals surface area contributed by atoms with Crippen molar-refractivity contribution < 1.29 is 9.15 Å². The summed E-state index contributed by atoms with van der Waals surface area (Å²) >= 11 is 3.18. The van der Waals surface area contributed by atoms with Gasteiger partial charge in [0.2, 0.25) is 0 Å². The molecule has 0 radical (unpaired) electrons. The van der Waals surface area contributed by atoms with Crippen molar-refractivity contribution in [2.24, 2.45) is 0 Å². The first kappa shape index (κ1) is 17.9. The van der Waals surface area contributed by atoms with Crippen LogP contribution in [0.5, 0.6) is 10.9 Å². The third-order valence-electron chi connectivity index (χ3n) is 4.83. The van der Waals surface area contributed by atoms with Crippen molar-refractivity contribution >= 4 is 44.6 Å². The molecule has 1 saturated heterocycles. The summed E-state index contributed by atoms with van der Waals surface area (Å²) in [6, 6.07) is 12.5. The molecule has 1 N–H and O–H groups in total. The highest BCUT2D eigenvalue weighted by Gasteiger charge is 2.22. The van der Waals surface area contributed by atoms with Gasteiger partial charge in [0.15, 0.2) is 5.65 Å². The Labute approximate surface area is 171 Å². The van der Waals surface area contributed by atoms with Crippen molar-refractivity contribution in [3.63, 3.8) is 0 Å². The van der Waals surface area contributed by atoms with E-state index in [0.717, 1.165) is 46.8 Å². The molecule has 1 aliphatic heterocycles. The molecule has 0 spiro atoms. The Morgan fingerprint density at radius 3 is 3.21 bits per heavy atom. The summed E-state index contributed by atoms with van der Waals surface area (Å²) in [6.07, 6.45) is 4.99. The smallest absolute Gasteiger partial charge is 0.281 e. The number of pyridine rings is 1. The fourth-order valence-electron chi connectivity index (χ4n) is 3.56. The van der Waals surface area contributed by atoms with Crippen LogP contribution in [-0.4, -0.2) is 40.3 Å². The van der Waals surface area contributed by atoms with Gasteiger partial charge in [-0.05, 0) is 43.0 Å². The van der Waals surface area contributed by atoms with Gasteiger partial charge in [-0.2, -0.15) is 4.98 Å². The number of furan rings is 1. The van der Waals surface area contributed by atoms with Crippen LogP contribution in [0.2, 0.25) is 0 Å². The molecule has 0 bridgehead atoms. The van der Waals surface area contributed by atoms with Gasteiger partial charge in [0.1, 0.15) is 17.1 Å². The fraction of sp³-hybridized carbons (Fsp3) is 0.300. The van der Waals surface area contributed by atoms with E-state index in [2.05, 4.69) is 31.9 Å². The number of benzene rings is 1. The molecule has 1 aliphatic rings. The molecular formula is C20H20N4O2S2. The van der Waals surface area contributed by atoms with Gasteiger partial charge in [-0.15, -0.1) is 0 Å². The fourth-order valence-corrected chi connectivity index (χ4v) is 4.88. The summed E-state index contributed by atoms with van der Waals surface area (Å²) < 4.78 is 16.5. The van der Waals surface area contributed by atoms with Gasteiger partial charge in [-0.1, -0.05) is 23.3 Å². The molecule has 0 saturated carbocycles. The van der Waals surface area contributed by atoms with Crippen LogP contribution in [0.25, 0.3) is 21.3 Å². The molecule has 5 rings (SSSR count). The van der Waals surface area contributed by atoms with Crippen LogP contribution in [0.4, 0.5) is 0 Å². The van der Waals surface area contributed by atoms with Gasteiger partial charge in [-0.3, -0.25) is 9.62 Å². The predicted octanol–water partition coefficient (Wildman–Crippen LogP) is 4.67. The minimum Gasteiger partial charge on any atom is -0.460 e. The quantitative estimate of drug-likeness (QED) is 0.462. The molecule has 4 aromatic rings. The summed E-state index contributed by atoms with van der Waals surface area (Å²) in [6.45, 7) is 2.98. The molecule has 0 aliphatic carbocycles. The highest BCUT2D eigenvalue weighted by Crippen LogP contribution is 2.32. The van der Waals surface area contributed by atoms with Crippen LogP contribution in [0, 0.1) is 0 Å². The van der Waals surface area contributed by atoms with Crippen molar-refractivity contribution in [2.45, 2.75) is 19.0 Å². The van der Waals surface area contributed by atoms with E-state index in [1.165, 1.54) is 17.8 Å². The topological polar surface area (TPSA) is 63.4 Å². The number of hydrogen-bond donors (Lipinski definition) is 1.